The van der Waals surface area contributed by atoms with E-state index in [1.54, 1.807) is 0 Å². The highest BCUT2D eigenvalue weighted by Crippen LogP contribution is 2.16. The van der Waals surface area contributed by atoms with Crippen molar-refractivity contribution < 1.29 is 27.8 Å². The highest BCUT2D eigenvalue weighted by atomic mass is 19.3. The van der Waals surface area contributed by atoms with Crippen molar-refractivity contribution in [1.82, 2.24) is 5.32 Å². The first kappa shape index (κ1) is 21.1. The van der Waals surface area contributed by atoms with Crippen LogP contribution in [0.2, 0.25) is 0 Å². The first-order valence-electron chi connectivity index (χ1n) is 8.64. The lowest BCUT2D eigenvalue weighted by Gasteiger charge is -2.17. The summed E-state index contributed by atoms with van der Waals surface area (Å²) in [6, 6.07) is 14.9. The van der Waals surface area contributed by atoms with Gasteiger partial charge in [-0.25, -0.2) is 4.79 Å². The molecule has 1 amide bonds. The summed E-state index contributed by atoms with van der Waals surface area (Å²) in [5, 5.41) is 2.78. The molecule has 2 aromatic rings. The second-order valence-electron chi connectivity index (χ2n) is 6.00. The average molecular weight is 389 g/mol. The Morgan fingerprint density at radius 1 is 1.00 bits per heavy atom. The molecule has 0 aliphatic carbocycles. The summed E-state index contributed by atoms with van der Waals surface area (Å²) in [7, 11) is 0. The number of nitrogens with one attached hydrogen (secondary N) is 1. The number of carbonyl (C=O) groups excluding carboxylic acids is 2. The molecule has 7 heteroatoms. The van der Waals surface area contributed by atoms with E-state index in [1.165, 1.54) is 37.3 Å². The highest BCUT2D eigenvalue weighted by Gasteiger charge is 2.19. The van der Waals surface area contributed by atoms with Crippen molar-refractivity contribution in [3.8, 4) is 5.75 Å². The third kappa shape index (κ3) is 6.83. The maximum Gasteiger partial charge on any atom is 0.387 e. The van der Waals surface area contributed by atoms with Crippen LogP contribution in [-0.4, -0.2) is 24.6 Å². The monoisotopic (exact) mass is 389 g/mol. The number of amides is 1. The Balaban J connectivity index is 1.84. The summed E-state index contributed by atoms with van der Waals surface area (Å²) in [6.45, 7) is 0.423. The van der Waals surface area contributed by atoms with E-state index in [1.807, 2.05) is 37.3 Å². The van der Waals surface area contributed by atoms with Crippen LogP contribution < -0.4 is 10.1 Å². The molecule has 0 aliphatic rings. The van der Waals surface area contributed by atoms with Gasteiger partial charge in [-0.05, 0) is 43.2 Å². The van der Waals surface area contributed by atoms with E-state index in [2.05, 4.69) is 10.1 Å². The number of rotatable bonds is 8. The van der Waals surface area contributed by atoms with E-state index in [4.69, 9.17) is 4.74 Å². The molecule has 0 radical (unpaired) electrons. The summed E-state index contributed by atoms with van der Waals surface area (Å²) in [5.41, 5.74) is 1.53. The first-order valence-corrected chi connectivity index (χ1v) is 8.64. The predicted octanol–water partition coefficient (Wildman–Crippen LogP) is 4.11. The van der Waals surface area contributed by atoms with Crippen LogP contribution in [0.15, 0.2) is 60.7 Å². The molecule has 2 rings (SSSR count). The van der Waals surface area contributed by atoms with Gasteiger partial charge in [-0.15, -0.1) is 0 Å². The molecule has 0 spiro atoms. The van der Waals surface area contributed by atoms with Crippen LogP contribution in [0.1, 0.15) is 31.0 Å². The Labute approximate surface area is 162 Å². The Kier molecular flexibility index (Phi) is 7.68. The summed E-state index contributed by atoms with van der Waals surface area (Å²) in [4.78, 5) is 24.1. The lowest BCUT2D eigenvalue weighted by Crippen LogP contribution is -2.37. The fraction of sp³-hybridized carbons (Fsp3) is 0.238. The van der Waals surface area contributed by atoms with E-state index in [0.717, 1.165) is 11.6 Å². The van der Waals surface area contributed by atoms with Crippen molar-refractivity contribution in [3.63, 3.8) is 0 Å². The third-order valence-corrected chi connectivity index (χ3v) is 3.84. The second kappa shape index (κ2) is 10.2. The van der Waals surface area contributed by atoms with Gasteiger partial charge in [0.25, 0.3) is 5.91 Å². The minimum absolute atomic E-state index is 0.0209. The van der Waals surface area contributed by atoms with Crippen molar-refractivity contribution in [2.75, 3.05) is 0 Å². The molecular weight excluding hydrogens is 368 g/mol. The van der Waals surface area contributed by atoms with Gasteiger partial charge in [0.05, 0.1) is 6.04 Å². The molecule has 0 saturated heterocycles. The summed E-state index contributed by atoms with van der Waals surface area (Å²) in [6.07, 6.45) is 1.64. The number of halogens is 2. The van der Waals surface area contributed by atoms with E-state index < -0.39 is 24.6 Å². The molecule has 2 unspecified atom stereocenters. The Bertz CT molecular complexity index is 807. The molecule has 0 heterocycles. The summed E-state index contributed by atoms with van der Waals surface area (Å²) < 4.78 is 33.5. The van der Waals surface area contributed by atoms with Crippen LogP contribution in [0.3, 0.4) is 0 Å². The Morgan fingerprint density at radius 3 is 2.25 bits per heavy atom. The average Bonchev–Trinajstić information content (AvgIpc) is 2.67. The molecule has 148 valence electrons. The van der Waals surface area contributed by atoms with Crippen molar-refractivity contribution in [1.29, 1.82) is 0 Å². The number of esters is 1. The molecule has 5 nitrogen and oxygen atoms in total. The first-order chi connectivity index (χ1) is 13.3. The zero-order valence-corrected chi connectivity index (χ0v) is 15.5. The number of carbonyl (C=O) groups is 2. The third-order valence-electron chi connectivity index (χ3n) is 3.84. The normalized spacial score (nSPS) is 13.2. The lowest BCUT2D eigenvalue weighted by atomic mass is 10.1. The number of alkyl halides is 2. The number of benzene rings is 2. The van der Waals surface area contributed by atoms with Gasteiger partial charge < -0.3 is 14.8 Å². The SMILES string of the molecule is CC(OC(=O)/C=C/c1ccc(OC(F)F)cc1)C(=O)NC(C)c1ccccc1. The largest absolute Gasteiger partial charge is 0.449 e. The number of ether oxygens (including phenoxy) is 2. The van der Waals surface area contributed by atoms with Crippen LogP contribution in [0.4, 0.5) is 8.78 Å². The topological polar surface area (TPSA) is 64.6 Å². The highest BCUT2D eigenvalue weighted by molar-refractivity contribution is 5.90. The zero-order chi connectivity index (χ0) is 20.5. The maximum atomic E-state index is 12.2. The predicted molar refractivity (Wildman–Crippen MR) is 101 cm³/mol. The molecule has 28 heavy (non-hydrogen) atoms. The molecule has 0 bridgehead atoms. The molecule has 0 fully saturated rings. The van der Waals surface area contributed by atoms with E-state index >= 15 is 0 Å². The molecule has 0 aliphatic heterocycles. The molecule has 0 aromatic heterocycles. The van der Waals surface area contributed by atoms with Gasteiger partial charge in [0, 0.05) is 6.08 Å². The van der Waals surface area contributed by atoms with Gasteiger partial charge in [-0.1, -0.05) is 42.5 Å². The standard InChI is InChI=1S/C21H21F2NO4/c1-14(17-6-4-3-5-7-17)24-20(26)15(2)27-19(25)13-10-16-8-11-18(12-9-16)28-21(22)23/h3-15,21H,1-2H3,(H,24,26)/b13-10+. The van der Waals surface area contributed by atoms with E-state index in [9.17, 15) is 18.4 Å². The van der Waals surface area contributed by atoms with Crippen molar-refractivity contribution in [2.24, 2.45) is 0 Å². The van der Waals surface area contributed by atoms with Gasteiger partial charge in [0.15, 0.2) is 6.10 Å². The number of hydrogen-bond donors (Lipinski definition) is 1. The molecule has 2 atom stereocenters. The minimum Gasteiger partial charge on any atom is -0.449 e. The maximum absolute atomic E-state index is 12.2. The van der Waals surface area contributed by atoms with E-state index in [0.29, 0.717) is 5.56 Å². The Hall–Kier alpha value is -3.22. The van der Waals surface area contributed by atoms with Gasteiger partial charge in [-0.2, -0.15) is 8.78 Å². The van der Waals surface area contributed by atoms with Gasteiger partial charge in [-0.3, -0.25) is 4.79 Å². The van der Waals surface area contributed by atoms with Crippen LogP contribution in [0.5, 0.6) is 5.75 Å². The van der Waals surface area contributed by atoms with Gasteiger partial charge >= 0.3 is 12.6 Å². The van der Waals surface area contributed by atoms with Crippen LogP contribution in [0, 0.1) is 0 Å². The fourth-order valence-electron chi connectivity index (χ4n) is 2.35. The second-order valence-corrected chi connectivity index (χ2v) is 6.00. The zero-order valence-electron chi connectivity index (χ0n) is 15.5. The van der Waals surface area contributed by atoms with Crippen molar-refractivity contribution >= 4 is 18.0 Å². The van der Waals surface area contributed by atoms with Crippen LogP contribution in [-0.2, 0) is 14.3 Å². The van der Waals surface area contributed by atoms with Crippen molar-refractivity contribution in [2.45, 2.75) is 32.6 Å². The fourth-order valence-corrected chi connectivity index (χ4v) is 2.35. The molecule has 0 saturated carbocycles. The van der Waals surface area contributed by atoms with E-state index in [-0.39, 0.29) is 11.8 Å². The molecule has 2 aromatic carbocycles. The number of hydrogen-bond acceptors (Lipinski definition) is 4. The Morgan fingerprint density at radius 2 is 1.64 bits per heavy atom. The molecular formula is C21H21F2NO4. The molecule has 1 N–H and O–H groups in total. The van der Waals surface area contributed by atoms with Crippen LogP contribution in [0.25, 0.3) is 6.08 Å². The van der Waals surface area contributed by atoms with Crippen LogP contribution >= 0.6 is 0 Å². The van der Waals surface area contributed by atoms with Gasteiger partial charge in [0.1, 0.15) is 5.75 Å². The summed E-state index contributed by atoms with van der Waals surface area (Å²) >= 11 is 0. The lowest BCUT2D eigenvalue weighted by molar-refractivity contribution is -0.150. The smallest absolute Gasteiger partial charge is 0.387 e. The van der Waals surface area contributed by atoms with Crippen molar-refractivity contribution in [3.05, 3.63) is 71.8 Å². The summed E-state index contributed by atoms with van der Waals surface area (Å²) in [5.74, 6) is -1.08. The quantitative estimate of drug-likeness (QED) is 0.545. The minimum atomic E-state index is -2.89. The van der Waals surface area contributed by atoms with Gasteiger partial charge in [0.2, 0.25) is 0 Å².